The summed E-state index contributed by atoms with van der Waals surface area (Å²) in [5.41, 5.74) is -1.26. The lowest BCUT2D eigenvalue weighted by Gasteiger charge is -2.23. The minimum absolute atomic E-state index is 0.0610. The largest absolute Gasteiger partial charge is 0.393 e. The van der Waals surface area contributed by atoms with Crippen LogP contribution in [0, 0.1) is 0 Å². The third-order valence-corrected chi connectivity index (χ3v) is 4.72. The summed E-state index contributed by atoms with van der Waals surface area (Å²) in [5, 5.41) is 9.50. The van der Waals surface area contributed by atoms with E-state index in [9.17, 15) is 19.3 Å². The molecule has 1 rings (SSSR count). The first-order chi connectivity index (χ1) is 12.4. The van der Waals surface area contributed by atoms with Gasteiger partial charge in [-0.15, -0.1) is 6.58 Å². The number of hydrogen-bond acceptors (Lipinski definition) is 8. The van der Waals surface area contributed by atoms with Gasteiger partial charge in [0.25, 0.3) is 5.56 Å². The van der Waals surface area contributed by atoms with Crippen molar-refractivity contribution in [2.24, 2.45) is 0 Å². The molecule has 1 aromatic rings. The second-order valence-corrected chi connectivity index (χ2v) is 7.01. The summed E-state index contributed by atoms with van der Waals surface area (Å²) in [6, 6.07) is 1.15. The van der Waals surface area contributed by atoms with Crippen LogP contribution in [-0.2, 0) is 23.1 Å². The molecule has 0 aliphatic carbocycles. The minimum Gasteiger partial charge on any atom is -0.393 e. The molecule has 0 saturated carbocycles. The summed E-state index contributed by atoms with van der Waals surface area (Å²) in [4.78, 5) is 25.3. The molecule has 11 heteroatoms. The van der Waals surface area contributed by atoms with E-state index in [4.69, 9.17) is 18.5 Å². The van der Waals surface area contributed by atoms with Crippen LogP contribution in [0.2, 0.25) is 0 Å². The first kappa shape index (κ1) is 22.2. The van der Waals surface area contributed by atoms with Crippen molar-refractivity contribution in [3.05, 3.63) is 57.6 Å². The molecule has 10 nitrogen and oxygen atoms in total. The molecule has 0 aliphatic heterocycles. The van der Waals surface area contributed by atoms with Gasteiger partial charge < -0.3 is 23.6 Å². The van der Waals surface area contributed by atoms with E-state index in [0.29, 0.717) is 0 Å². The summed E-state index contributed by atoms with van der Waals surface area (Å²) < 4.78 is 33.6. The number of aliphatic hydroxyl groups excluding tert-OH is 1. The van der Waals surface area contributed by atoms with E-state index in [-0.39, 0.29) is 13.2 Å². The zero-order chi connectivity index (χ0) is 19.6. The number of aliphatic hydroxyl groups is 1. The second-order valence-electron chi connectivity index (χ2n) is 4.90. The van der Waals surface area contributed by atoms with Crippen molar-refractivity contribution in [3.8, 4) is 0 Å². The van der Waals surface area contributed by atoms with Crippen molar-refractivity contribution in [1.29, 1.82) is 0 Å². The molecule has 0 bridgehead atoms. The van der Waals surface area contributed by atoms with Crippen LogP contribution in [0.4, 0.5) is 0 Å². The van der Waals surface area contributed by atoms with Crippen LogP contribution < -0.4 is 11.2 Å². The average Bonchev–Trinajstić information content (AvgIpc) is 2.64. The lowest BCUT2D eigenvalue weighted by molar-refractivity contribution is -0.0915. The number of ether oxygens (including phenoxy) is 2. The maximum Gasteiger partial charge on any atom is 0.353 e. The molecule has 0 fully saturated rings. The first-order valence-electron chi connectivity index (χ1n) is 7.56. The Balaban J connectivity index is 3.03. The van der Waals surface area contributed by atoms with Crippen LogP contribution in [0.1, 0.15) is 6.23 Å². The molecule has 0 spiro atoms. The lowest BCUT2D eigenvalue weighted by atomic mass is 10.3. The van der Waals surface area contributed by atoms with Crippen molar-refractivity contribution in [1.82, 2.24) is 9.55 Å². The third-order valence-electron chi connectivity index (χ3n) is 3.16. The van der Waals surface area contributed by atoms with Gasteiger partial charge in [0.15, 0.2) is 6.23 Å². The van der Waals surface area contributed by atoms with Gasteiger partial charge >= 0.3 is 13.3 Å². The number of H-pyrrole nitrogens is 1. The van der Waals surface area contributed by atoms with E-state index >= 15 is 0 Å². The van der Waals surface area contributed by atoms with Gasteiger partial charge in [0.2, 0.25) is 0 Å². The maximum absolute atomic E-state index is 12.0. The molecule has 1 heterocycles. The number of hydrogen-bond donors (Lipinski definition) is 2. The molecular weight excluding hydrogens is 367 g/mol. The van der Waals surface area contributed by atoms with Gasteiger partial charge in [-0.1, -0.05) is 6.08 Å². The summed E-state index contributed by atoms with van der Waals surface area (Å²) in [6.07, 6.45) is 2.15. The molecule has 2 atom stereocenters. The highest BCUT2D eigenvalue weighted by Gasteiger charge is 2.21. The van der Waals surface area contributed by atoms with Crippen LogP contribution in [0.5, 0.6) is 0 Å². The van der Waals surface area contributed by atoms with E-state index in [0.717, 1.165) is 16.5 Å². The highest BCUT2D eigenvalue weighted by atomic mass is 31.2. The molecule has 0 amide bonds. The van der Waals surface area contributed by atoms with Gasteiger partial charge in [0.05, 0.1) is 19.8 Å². The van der Waals surface area contributed by atoms with Crippen molar-refractivity contribution < 1.29 is 28.2 Å². The minimum atomic E-state index is -3.44. The molecule has 0 saturated heterocycles. The molecular formula is C15H23N2O8P. The van der Waals surface area contributed by atoms with E-state index < -0.39 is 37.8 Å². The molecule has 26 heavy (non-hydrogen) atoms. The Morgan fingerprint density at radius 3 is 2.62 bits per heavy atom. The van der Waals surface area contributed by atoms with Crippen LogP contribution in [0.25, 0.3) is 0 Å². The van der Waals surface area contributed by atoms with Crippen molar-refractivity contribution in [3.63, 3.8) is 0 Å². The fourth-order valence-electron chi connectivity index (χ4n) is 1.84. The number of nitrogens with zero attached hydrogens (tertiary/aromatic N) is 1. The predicted octanol–water partition coefficient (Wildman–Crippen LogP) is 0.615. The number of nitrogens with one attached hydrogen (secondary N) is 1. The van der Waals surface area contributed by atoms with E-state index in [1.54, 1.807) is 0 Å². The first-order valence-corrected chi connectivity index (χ1v) is 9.17. The molecule has 1 aromatic heterocycles. The highest BCUT2D eigenvalue weighted by molar-refractivity contribution is 7.57. The van der Waals surface area contributed by atoms with E-state index in [1.807, 2.05) is 0 Å². The van der Waals surface area contributed by atoms with Gasteiger partial charge in [0, 0.05) is 32.3 Å². The van der Waals surface area contributed by atoms with Crippen LogP contribution in [0.15, 0.2) is 46.4 Å². The van der Waals surface area contributed by atoms with E-state index in [1.165, 1.54) is 32.6 Å². The summed E-state index contributed by atoms with van der Waals surface area (Å²) in [7, 11) is -1.00. The number of aromatic amines is 1. The zero-order valence-corrected chi connectivity index (χ0v) is 15.5. The Labute approximate surface area is 150 Å². The van der Waals surface area contributed by atoms with Crippen LogP contribution in [0.3, 0.4) is 0 Å². The monoisotopic (exact) mass is 390 g/mol. The third kappa shape index (κ3) is 6.83. The smallest absolute Gasteiger partial charge is 0.353 e. The maximum atomic E-state index is 12.0. The SMILES string of the molecule is C=CCOCC(OC(/C=C/P(=O)(OC)OC)CO)n1ccc(=O)[nH]c1=O. The quantitative estimate of drug-likeness (QED) is 0.302. The fourth-order valence-corrected chi connectivity index (χ4v) is 2.64. The summed E-state index contributed by atoms with van der Waals surface area (Å²) in [5.74, 6) is 1.14. The Bertz CT molecular complexity index is 749. The molecule has 146 valence electrons. The Hall–Kier alpha value is -1.81. The van der Waals surface area contributed by atoms with Gasteiger partial charge in [0.1, 0.15) is 6.10 Å². The Morgan fingerprint density at radius 2 is 2.08 bits per heavy atom. The Morgan fingerprint density at radius 1 is 1.38 bits per heavy atom. The Kier molecular flexibility index (Phi) is 9.42. The zero-order valence-electron chi connectivity index (χ0n) is 14.6. The summed E-state index contributed by atoms with van der Waals surface area (Å²) in [6.45, 7) is 3.20. The molecule has 0 radical (unpaired) electrons. The van der Waals surface area contributed by atoms with Crippen molar-refractivity contribution in [2.45, 2.75) is 12.3 Å². The number of rotatable bonds is 12. The summed E-state index contributed by atoms with van der Waals surface area (Å²) >= 11 is 0. The number of aromatic nitrogens is 2. The van der Waals surface area contributed by atoms with Crippen LogP contribution >= 0.6 is 7.60 Å². The molecule has 2 N–H and O–H groups in total. The fraction of sp³-hybridized carbons (Fsp3) is 0.467. The van der Waals surface area contributed by atoms with Crippen molar-refractivity contribution in [2.75, 3.05) is 34.0 Å². The normalized spacial score (nSPS) is 14.4. The second kappa shape index (κ2) is 11.0. The standard InChI is InChI=1S/C15H23N2O8P/c1-4-8-24-11-14(17-7-5-13(19)16-15(17)20)25-12(10-18)6-9-26(21,22-2)23-3/h4-7,9,12,14,18H,1,8,10-11H2,2-3H3,(H,16,19,20)/b9-6+. The lowest BCUT2D eigenvalue weighted by Crippen LogP contribution is -2.36. The predicted molar refractivity (Wildman–Crippen MR) is 94.1 cm³/mol. The van der Waals surface area contributed by atoms with Crippen molar-refractivity contribution >= 4 is 7.60 Å². The van der Waals surface area contributed by atoms with Gasteiger partial charge in [-0.25, -0.2) is 4.79 Å². The highest BCUT2D eigenvalue weighted by Crippen LogP contribution is 2.48. The molecule has 2 unspecified atom stereocenters. The average molecular weight is 390 g/mol. The molecule has 0 aromatic carbocycles. The van der Waals surface area contributed by atoms with Crippen LogP contribution in [-0.4, -0.2) is 54.8 Å². The van der Waals surface area contributed by atoms with Gasteiger partial charge in [-0.05, 0) is 6.08 Å². The van der Waals surface area contributed by atoms with Gasteiger partial charge in [-0.3, -0.25) is 18.9 Å². The van der Waals surface area contributed by atoms with E-state index in [2.05, 4.69) is 11.6 Å². The van der Waals surface area contributed by atoms with Gasteiger partial charge in [-0.2, -0.15) is 0 Å². The topological polar surface area (TPSA) is 129 Å². The molecule has 0 aliphatic rings.